The zero-order chi connectivity index (χ0) is 16.9. The molecule has 1 N–H and O–H groups in total. The number of aliphatic hydroxyl groups excluding tert-OH is 1. The molecule has 0 bridgehead atoms. The van der Waals surface area contributed by atoms with Crippen LogP contribution in [-0.2, 0) is 10.0 Å². The number of hydrogen-bond acceptors (Lipinski definition) is 4. The highest BCUT2D eigenvalue weighted by atomic mass is 32.2. The Bertz CT molecular complexity index is 908. The number of rotatable bonds is 4. The average molecular weight is 334 g/mol. The van der Waals surface area contributed by atoms with E-state index in [1.165, 1.54) is 18.0 Å². The first-order valence-corrected chi connectivity index (χ1v) is 8.67. The van der Waals surface area contributed by atoms with Crippen molar-refractivity contribution in [3.63, 3.8) is 0 Å². The Morgan fingerprint density at radius 1 is 1.26 bits per heavy atom. The van der Waals surface area contributed by atoms with Crippen LogP contribution in [0.5, 0.6) is 0 Å². The molecule has 1 aliphatic heterocycles. The lowest BCUT2D eigenvalue weighted by Crippen LogP contribution is -2.37. The topological polar surface area (TPSA) is 77.9 Å². The summed E-state index contributed by atoms with van der Waals surface area (Å²) in [5.41, 5.74) is 1.22. The lowest BCUT2D eigenvalue weighted by Gasteiger charge is -2.23. The predicted molar refractivity (Wildman–Crippen MR) is 88.2 cm³/mol. The molecule has 2 aromatic carbocycles. The van der Waals surface area contributed by atoms with Gasteiger partial charge in [0.1, 0.15) is 0 Å². The Hall–Kier alpha value is -1.96. The van der Waals surface area contributed by atoms with Crippen LogP contribution in [0.3, 0.4) is 0 Å². The number of likely N-dealkylation sites (N-methyl/N-ethyl adjacent to an activating group) is 1. The molecular weight excluding hydrogens is 316 g/mol. The molecule has 3 rings (SSSR count). The van der Waals surface area contributed by atoms with Gasteiger partial charge in [-0.15, -0.1) is 0 Å². The van der Waals surface area contributed by atoms with Crippen molar-refractivity contribution in [3.8, 4) is 0 Å². The first-order valence-electron chi connectivity index (χ1n) is 7.23. The highest BCUT2D eigenvalue weighted by Crippen LogP contribution is 2.39. The highest BCUT2D eigenvalue weighted by molar-refractivity contribution is 7.89. The van der Waals surface area contributed by atoms with Crippen molar-refractivity contribution in [2.45, 2.75) is 17.9 Å². The summed E-state index contributed by atoms with van der Waals surface area (Å²) in [6.07, 6.45) is 0. The molecule has 0 saturated carbocycles. The Morgan fingerprint density at radius 2 is 1.96 bits per heavy atom. The summed E-state index contributed by atoms with van der Waals surface area (Å²) >= 11 is 0. The fraction of sp³-hybridized carbons (Fsp3) is 0.312. The molecule has 0 unspecified atom stereocenters. The van der Waals surface area contributed by atoms with Crippen LogP contribution in [-0.4, -0.2) is 50.5 Å². The van der Waals surface area contributed by atoms with Gasteiger partial charge in [0.05, 0.1) is 17.2 Å². The minimum Gasteiger partial charge on any atom is -0.395 e. The molecule has 0 aromatic heterocycles. The highest BCUT2D eigenvalue weighted by Gasteiger charge is 2.32. The number of amides is 1. The van der Waals surface area contributed by atoms with Crippen LogP contribution in [0, 0.1) is 0 Å². The Morgan fingerprint density at radius 3 is 2.61 bits per heavy atom. The summed E-state index contributed by atoms with van der Waals surface area (Å²) in [6, 6.07) is 7.74. The second kappa shape index (κ2) is 5.30. The second-order valence-electron chi connectivity index (χ2n) is 5.73. The number of carbonyl (C=O) groups excluding carboxylic acids is 1. The van der Waals surface area contributed by atoms with E-state index in [1.807, 2.05) is 0 Å². The molecule has 0 radical (unpaired) electrons. The molecule has 7 heteroatoms. The Balaban J connectivity index is 2.29. The van der Waals surface area contributed by atoms with Crippen molar-refractivity contribution >= 4 is 32.4 Å². The summed E-state index contributed by atoms with van der Waals surface area (Å²) in [5.74, 6) is -0.141. The predicted octanol–water partition coefficient (Wildman–Crippen LogP) is 1.43. The molecular formula is C16H18N2O4S. The minimum atomic E-state index is -3.77. The molecule has 1 heterocycles. The number of anilines is 1. The van der Waals surface area contributed by atoms with Gasteiger partial charge in [0.2, 0.25) is 10.0 Å². The van der Waals surface area contributed by atoms with E-state index in [2.05, 4.69) is 0 Å². The van der Waals surface area contributed by atoms with Gasteiger partial charge in [-0.3, -0.25) is 4.79 Å². The second-order valence-corrected chi connectivity index (χ2v) is 7.69. The third kappa shape index (κ3) is 2.15. The third-order valence-electron chi connectivity index (χ3n) is 4.42. The molecule has 0 fully saturated rings. The first kappa shape index (κ1) is 15.9. The van der Waals surface area contributed by atoms with Gasteiger partial charge in [0.25, 0.3) is 5.91 Å². The Labute approximate surface area is 135 Å². The lowest BCUT2D eigenvalue weighted by molar-refractivity contribution is 0.0999. The quantitative estimate of drug-likeness (QED) is 0.917. The van der Waals surface area contributed by atoms with Crippen LogP contribution in [0.1, 0.15) is 17.3 Å². The van der Waals surface area contributed by atoms with E-state index >= 15 is 0 Å². The van der Waals surface area contributed by atoms with Crippen molar-refractivity contribution in [1.82, 2.24) is 4.31 Å². The number of benzene rings is 2. The number of aliphatic hydroxyl groups is 1. The molecule has 1 aliphatic rings. The van der Waals surface area contributed by atoms with Crippen LogP contribution in [0.15, 0.2) is 35.2 Å². The first-order chi connectivity index (χ1) is 10.8. The van der Waals surface area contributed by atoms with E-state index in [-0.39, 0.29) is 17.4 Å². The number of hydrogen-bond donors (Lipinski definition) is 1. The fourth-order valence-corrected chi connectivity index (χ4v) is 4.38. The molecule has 6 nitrogen and oxygen atoms in total. The van der Waals surface area contributed by atoms with Gasteiger partial charge in [0.15, 0.2) is 0 Å². The molecule has 1 atom stereocenters. The third-order valence-corrected chi connectivity index (χ3v) is 6.45. The molecule has 0 aliphatic carbocycles. The van der Waals surface area contributed by atoms with E-state index < -0.39 is 16.1 Å². The van der Waals surface area contributed by atoms with Crippen molar-refractivity contribution in [2.24, 2.45) is 0 Å². The number of sulfonamides is 1. The Kier molecular flexibility index (Phi) is 3.66. The van der Waals surface area contributed by atoms with Gasteiger partial charge >= 0.3 is 0 Å². The van der Waals surface area contributed by atoms with Crippen LogP contribution in [0.2, 0.25) is 0 Å². The van der Waals surface area contributed by atoms with E-state index in [1.54, 1.807) is 38.2 Å². The normalized spacial score (nSPS) is 15.7. The fourth-order valence-electron chi connectivity index (χ4n) is 2.84. The van der Waals surface area contributed by atoms with Crippen LogP contribution in [0.25, 0.3) is 10.8 Å². The molecule has 0 saturated heterocycles. The summed E-state index contributed by atoms with van der Waals surface area (Å²) in [5, 5.41) is 10.4. The van der Waals surface area contributed by atoms with Gasteiger partial charge in [-0.2, -0.15) is 4.31 Å². The van der Waals surface area contributed by atoms with Gasteiger partial charge in [-0.05, 0) is 25.1 Å². The largest absolute Gasteiger partial charge is 0.395 e. The van der Waals surface area contributed by atoms with Gasteiger partial charge in [-0.1, -0.05) is 12.1 Å². The monoisotopic (exact) mass is 334 g/mol. The van der Waals surface area contributed by atoms with Crippen LogP contribution >= 0.6 is 0 Å². The smallest absolute Gasteiger partial charge is 0.258 e. The average Bonchev–Trinajstić information content (AvgIpc) is 2.80. The maximum atomic E-state index is 12.9. The van der Waals surface area contributed by atoms with Crippen molar-refractivity contribution < 1.29 is 18.3 Å². The van der Waals surface area contributed by atoms with E-state index in [0.717, 1.165) is 4.31 Å². The van der Waals surface area contributed by atoms with Gasteiger partial charge in [-0.25, -0.2) is 8.42 Å². The number of nitrogens with zero attached hydrogens (tertiary/aromatic N) is 2. The zero-order valence-corrected chi connectivity index (χ0v) is 14.0. The maximum absolute atomic E-state index is 12.9. The van der Waals surface area contributed by atoms with Crippen molar-refractivity contribution in [3.05, 3.63) is 35.9 Å². The van der Waals surface area contributed by atoms with Crippen LogP contribution < -0.4 is 4.90 Å². The minimum absolute atomic E-state index is 0.141. The summed E-state index contributed by atoms with van der Waals surface area (Å²) < 4.78 is 26.9. The number of carbonyl (C=O) groups is 1. The van der Waals surface area contributed by atoms with E-state index in [4.69, 9.17) is 0 Å². The van der Waals surface area contributed by atoms with Gasteiger partial charge in [0, 0.05) is 36.5 Å². The van der Waals surface area contributed by atoms with Crippen molar-refractivity contribution in [2.75, 3.05) is 25.6 Å². The molecule has 122 valence electrons. The molecule has 2 aromatic rings. The summed E-state index contributed by atoms with van der Waals surface area (Å²) in [6.45, 7) is 1.37. The maximum Gasteiger partial charge on any atom is 0.258 e. The zero-order valence-electron chi connectivity index (χ0n) is 13.1. The van der Waals surface area contributed by atoms with E-state index in [9.17, 15) is 18.3 Å². The molecule has 23 heavy (non-hydrogen) atoms. The van der Waals surface area contributed by atoms with Crippen LogP contribution in [0.4, 0.5) is 5.69 Å². The van der Waals surface area contributed by atoms with E-state index in [0.29, 0.717) is 22.0 Å². The standard InChI is InChI=1S/C16H18N2O4S/c1-10(9-19)18(3)23(21,22)14-8-7-13-15-11(14)5-4-6-12(15)16(20)17(13)2/h4-8,10,19H,9H2,1-3H3/t10-/m1/s1. The lowest BCUT2D eigenvalue weighted by atomic mass is 10.1. The molecule has 1 amide bonds. The van der Waals surface area contributed by atoms with Crippen molar-refractivity contribution in [1.29, 1.82) is 0 Å². The van der Waals surface area contributed by atoms with Gasteiger partial charge < -0.3 is 10.0 Å². The summed E-state index contributed by atoms with van der Waals surface area (Å²) in [7, 11) is -0.661. The SMILES string of the molecule is C[C@H](CO)N(C)S(=O)(=O)c1ccc2c3c(cccc13)C(=O)N2C. The summed E-state index contributed by atoms with van der Waals surface area (Å²) in [4.78, 5) is 13.9. The molecule has 0 spiro atoms.